The molecular formula is C17H22BrN3. The Labute approximate surface area is 134 Å². The molecule has 1 heterocycles. The summed E-state index contributed by atoms with van der Waals surface area (Å²) in [7, 11) is 0. The van der Waals surface area contributed by atoms with E-state index in [9.17, 15) is 0 Å². The van der Waals surface area contributed by atoms with E-state index in [0.29, 0.717) is 11.8 Å². The third-order valence-electron chi connectivity index (χ3n) is 4.14. The van der Waals surface area contributed by atoms with E-state index in [-0.39, 0.29) is 0 Å². The fraction of sp³-hybridized carbons (Fsp3) is 0.471. The van der Waals surface area contributed by atoms with E-state index >= 15 is 0 Å². The van der Waals surface area contributed by atoms with Crippen LogP contribution >= 0.6 is 15.9 Å². The summed E-state index contributed by atoms with van der Waals surface area (Å²) in [4.78, 5) is 8.35. The van der Waals surface area contributed by atoms with Gasteiger partial charge in [0.15, 0.2) is 0 Å². The average molecular weight is 348 g/mol. The van der Waals surface area contributed by atoms with Gasteiger partial charge in [0, 0.05) is 28.6 Å². The molecule has 0 radical (unpaired) electrons. The van der Waals surface area contributed by atoms with Gasteiger partial charge in [-0.3, -0.25) is 0 Å². The van der Waals surface area contributed by atoms with Gasteiger partial charge in [0.1, 0.15) is 5.82 Å². The number of hydrogen-bond donors (Lipinski definition) is 2. The minimum atomic E-state index is 0.515. The van der Waals surface area contributed by atoms with E-state index in [2.05, 4.69) is 53.0 Å². The molecule has 112 valence electrons. The van der Waals surface area contributed by atoms with Gasteiger partial charge in [-0.1, -0.05) is 35.8 Å². The molecule has 2 aromatic rings. The molecule has 1 aliphatic rings. The zero-order valence-electron chi connectivity index (χ0n) is 12.6. The van der Waals surface area contributed by atoms with Crippen molar-refractivity contribution in [2.45, 2.75) is 33.1 Å². The zero-order chi connectivity index (χ0) is 15.0. The van der Waals surface area contributed by atoms with Gasteiger partial charge in [-0.25, -0.2) is 4.98 Å². The third-order valence-corrected chi connectivity index (χ3v) is 4.63. The van der Waals surface area contributed by atoms with Gasteiger partial charge < -0.3 is 10.7 Å². The van der Waals surface area contributed by atoms with Crippen LogP contribution in [0.25, 0.3) is 11.3 Å². The van der Waals surface area contributed by atoms with E-state index < -0.39 is 0 Å². The number of nitrogens with two attached hydrogens (primary N) is 1. The Bertz CT molecular complexity index is 645. The van der Waals surface area contributed by atoms with Crippen LogP contribution in [0.15, 0.2) is 22.7 Å². The normalized spacial score (nSPS) is 14.3. The van der Waals surface area contributed by atoms with Gasteiger partial charge in [0.25, 0.3) is 0 Å². The second-order valence-electron chi connectivity index (χ2n) is 6.42. The lowest BCUT2D eigenvalue weighted by Crippen LogP contribution is -2.19. The number of H-pyrrole nitrogens is 1. The first-order chi connectivity index (χ1) is 10.1. The van der Waals surface area contributed by atoms with Crippen LogP contribution in [0.4, 0.5) is 0 Å². The highest BCUT2D eigenvalue weighted by molar-refractivity contribution is 9.10. The maximum absolute atomic E-state index is 5.91. The molecule has 0 fully saturated rings. The standard InChI is InChI=1S/C17H22BrN3/c1-10(2)5-11(9-19)6-16-20-15-8-12-7-13(18)3-4-14(12)17(15)21-16/h3-4,7,10-11H,5-6,8-9,19H2,1-2H3,(H,20,21). The van der Waals surface area contributed by atoms with E-state index in [1.807, 2.05) is 0 Å². The molecule has 0 aliphatic heterocycles. The first kappa shape index (κ1) is 14.8. The van der Waals surface area contributed by atoms with Crippen molar-refractivity contribution in [1.29, 1.82) is 0 Å². The van der Waals surface area contributed by atoms with Crippen molar-refractivity contribution >= 4 is 15.9 Å². The topological polar surface area (TPSA) is 54.7 Å². The summed E-state index contributed by atoms with van der Waals surface area (Å²) in [5, 5.41) is 0. The Morgan fingerprint density at radius 3 is 2.90 bits per heavy atom. The van der Waals surface area contributed by atoms with Crippen LogP contribution < -0.4 is 5.73 Å². The molecule has 1 unspecified atom stereocenters. The summed E-state index contributed by atoms with van der Waals surface area (Å²) in [6, 6.07) is 6.43. The van der Waals surface area contributed by atoms with Crippen LogP contribution in [0.2, 0.25) is 0 Å². The molecular weight excluding hydrogens is 326 g/mol. The van der Waals surface area contributed by atoms with Crippen molar-refractivity contribution in [3.8, 4) is 11.3 Å². The largest absolute Gasteiger partial charge is 0.345 e. The van der Waals surface area contributed by atoms with E-state index in [4.69, 9.17) is 10.7 Å². The molecule has 0 saturated heterocycles. The van der Waals surface area contributed by atoms with E-state index in [1.165, 1.54) is 16.8 Å². The molecule has 1 aromatic carbocycles. The monoisotopic (exact) mass is 347 g/mol. The molecule has 1 aliphatic carbocycles. The lowest BCUT2D eigenvalue weighted by atomic mass is 9.94. The molecule has 3 rings (SSSR count). The van der Waals surface area contributed by atoms with E-state index in [1.54, 1.807) is 0 Å². The van der Waals surface area contributed by atoms with Crippen molar-refractivity contribution in [3.05, 3.63) is 39.8 Å². The Kier molecular flexibility index (Phi) is 4.18. The lowest BCUT2D eigenvalue weighted by Gasteiger charge is -2.15. The molecule has 3 nitrogen and oxygen atoms in total. The second-order valence-corrected chi connectivity index (χ2v) is 7.34. The summed E-state index contributed by atoms with van der Waals surface area (Å²) in [6.45, 7) is 5.23. The van der Waals surface area contributed by atoms with Crippen LogP contribution in [-0.4, -0.2) is 16.5 Å². The predicted molar refractivity (Wildman–Crippen MR) is 90.2 cm³/mol. The van der Waals surface area contributed by atoms with Gasteiger partial charge in [-0.2, -0.15) is 0 Å². The number of rotatable bonds is 5. The number of halogens is 1. The number of aromatic nitrogens is 2. The Balaban J connectivity index is 1.80. The number of nitrogens with zero attached hydrogens (tertiary/aromatic N) is 1. The Hall–Kier alpha value is -1.13. The molecule has 0 bridgehead atoms. The highest BCUT2D eigenvalue weighted by Crippen LogP contribution is 2.36. The van der Waals surface area contributed by atoms with Gasteiger partial charge in [0.2, 0.25) is 0 Å². The number of hydrogen-bond acceptors (Lipinski definition) is 2. The molecule has 21 heavy (non-hydrogen) atoms. The third kappa shape index (κ3) is 3.06. The number of fused-ring (bicyclic) bond motifs is 3. The lowest BCUT2D eigenvalue weighted by molar-refractivity contribution is 0.409. The fourth-order valence-electron chi connectivity index (χ4n) is 3.24. The van der Waals surface area contributed by atoms with Gasteiger partial charge >= 0.3 is 0 Å². The minimum absolute atomic E-state index is 0.515. The van der Waals surface area contributed by atoms with Crippen molar-refractivity contribution in [2.75, 3.05) is 6.54 Å². The molecule has 1 atom stereocenters. The van der Waals surface area contributed by atoms with E-state index in [0.717, 1.165) is 41.8 Å². The summed E-state index contributed by atoms with van der Waals surface area (Å²) < 4.78 is 1.13. The highest BCUT2D eigenvalue weighted by Gasteiger charge is 2.23. The Morgan fingerprint density at radius 1 is 1.38 bits per heavy atom. The number of aromatic amines is 1. The molecule has 3 N–H and O–H groups in total. The molecule has 1 aromatic heterocycles. The fourth-order valence-corrected chi connectivity index (χ4v) is 3.65. The second kappa shape index (κ2) is 5.93. The first-order valence-electron chi connectivity index (χ1n) is 7.63. The van der Waals surface area contributed by atoms with Gasteiger partial charge in [0.05, 0.1) is 5.69 Å². The molecule has 0 saturated carbocycles. The van der Waals surface area contributed by atoms with Crippen molar-refractivity contribution in [2.24, 2.45) is 17.6 Å². The SMILES string of the molecule is CC(C)CC(CN)Cc1nc2c([nH]1)Cc1cc(Br)ccc1-2. The smallest absolute Gasteiger partial charge is 0.107 e. The summed E-state index contributed by atoms with van der Waals surface area (Å²) in [5.74, 6) is 2.28. The number of benzene rings is 1. The van der Waals surface area contributed by atoms with Crippen LogP contribution in [0.5, 0.6) is 0 Å². The van der Waals surface area contributed by atoms with Crippen molar-refractivity contribution in [3.63, 3.8) is 0 Å². The van der Waals surface area contributed by atoms with Crippen LogP contribution in [-0.2, 0) is 12.8 Å². The van der Waals surface area contributed by atoms with Gasteiger partial charge in [-0.15, -0.1) is 0 Å². The van der Waals surface area contributed by atoms with Crippen molar-refractivity contribution in [1.82, 2.24) is 9.97 Å². The summed E-state index contributed by atoms with van der Waals surface area (Å²) in [5.41, 5.74) is 10.9. The minimum Gasteiger partial charge on any atom is -0.345 e. The molecule has 0 amide bonds. The number of nitrogens with one attached hydrogen (secondary N) is 1. The van der Waals surface area contributed by atoms with Crippen LogP contribution in [0.1, 0.15) is 37.4 Å². The zero-order valence-corrected chi connectivity index (χ0v) is 14.2. The first-order valence-corrected chi connectivity index (χ1v) is 8.42. The summed E-state index contributed by atoms with van der Waals surface area (Å²) >= 11 is 3.53. The Morgan fingerprint density at radius 2 is 2.19 bits per heavy atom. The quantitative estimate of drug-likeness (QED) is 0.735. The maximum atomic E-state index is 5.91. The maximum Gasteiger partial charge on any atom is 0.107 e. The highest BCUT2D eigenvalue weighted by atomic mass is 79.9. The molecule has 4 heteroatoms. The van der Waals surface area contributed by atoms with Gasteiger partial charge in [-0.05, 0) is 42.5 Å². The molecule has 0 spiro atoms. The van der Waals surface area contributed by atoms with Crippen LogP contribution in [0, 0.1) is 11.8 Å². The number of imidazole rings is 1. The average Bonchev–Trinajstić information content (AvgIpc) is 2.93. The summed E-state index contributed by atoms with van der Waals surface area (Å²) in [6.07, 6.45) is 3.06. The van der Waals surface area contributed by atoms with Crippen molar-refractivity contribution < 1.29 is 0 Å². The predicted octanol–water partition coefficient (Wildman–Crippen LogP) is 3.91. The van der Waals surface area contributed by atoms with Crippen LogP contribution in [0.3, 0.4) is 0 Å².